The van der Waals surface area contributed by atoms with Crippen LogP contribution < -0.4 is 4.13 Å². The highest BCUT2D eigenvalue weighted by atomic mass is 32.3. The lowest BCUT2D eigenvalue weighted by atomic mass is 9.85. The van der Waals surface area contributed by atoms with Crippen molar-refractivity contribution in [3.05, 3.63) is 312 Å². The number of pyridine rings is 7. The van der Waals surface area contributed by atoms with E-state index in [-0.39, 0.29) is 76.2 Å². The lowest BCUT2D eigenvalue weighted by molar-refractivity contribution is -0.136. The van der Waals surface area contributed by atoms with Crippen molar-refractivity contribution in [2.45, 2.75) is 84.8 Å². The number of ether oxygens (including phenoxy) is 2. The molecule has 0 fully saturated rings. The van der Waals surface area contributed by atoms with Crippen LogP contribution in [-0.4, -0.2) is 273 Å². The Hall–Kier alpha value is -17.9. The van der Waals surface area contributed by atoms with Gasteiger partial charge in [-0.2, -0.15) is 15.3 Å². The second-order valence-corrected chi connectivity index (χ2v) is 31.8. The summed E-state index contributed by atoms with van der Waals surface area (Å²) in [4.78, 5) is 181. The first-order valence-electron chi connectivity index (χ1n) is 40.0. The largest absolute Gasteiger partial charge is 0.506 e. The summed E-state index contributed by atoms with van der Waals surface area (Å²) >= 11 is 0. The molecule has 140 heavy (non-hydrogen) atoms. The van der Waals surface area contributed by atoms with Crippen LogP contribution in [0.2, 0.25) is 0 Å². The average Bonchev–Trinajstić information content (AvgIpc) is 1.42. The maximum Gasteiger partial charge on any atom is 0.356 e. The number of esters is 1. The van der Waals surface area contributed by atoms with Gasteiger partial charge in [0.05, 0.1) is 77.5 Å². The van der Waals surface area contributed by atoms with Crippen LogP contribution in [0.1, 0.15) is 169 Å². The van der Waals surface area contributed by atoms with Crippen molar-refractivity contribution in [3.63, 3.8) is 0 Å². The fourth-order valence-electron chi connectivity index (χ4n) is 9.26. The number of carbonyl (C=O) groups excluding carboxylic acids is 4. The molecule has 0 spiro atoms. The third-order valence-electron chi connectivity index (χ3n) is 17.0. The molecule has 49 heteroatoms. The summed E-state index contributed by atoms with van der Waals surface area (Å²) in [5, 5.41) is 96.7. The average molecular weight is 1970 g/mol. The number of carbonyl (C=O) groups is 13. The topological polar surface area (TPSA) is 716 Å². The Bertz CT molecular complexity index is 6530. The fourth-order valence-corrected chi connectivity index (χ4v) is 12.0. The van der Waals surface area contributed by atoms with E-state index < -0.39 is 101 Å². The Labute approximate surface area is 798 Å². The first-order valence-corrected chi connectivity index (χ1v) is 43.2. The predicted octanol–water partition coefficient (Wildman–Crippen LogP) is 9.38. The molecule has 12 rings (SSSR count). The number of nitrogens with one attached hydrogen (secondary N) is 1. The predicted molar refractivity (Wildman–Crippen MR) is 502 cm³/mol. The molecule has 0 bridgehead atoms. The van der Waals surface area contributed by atoms with E-state index in [1.165, 1.54) is 127 Å². The molecule has 47 nitrogen and oxygen atoms in total. The van der Waals surface area contributed by atoms with Crippen LogP contribution >= 0.6 is 0 Å². The Balaban J connectivity index is 0.000000401. The van der Waals surface area contributed by atoms with Gasteiger partial charge in [-0.05, 0) is 183 Å². The van der Waals surface area contributed by atoms with Crippen molar-refractivity contribution in [3.8, 4) is 5.75 Å². The number of aromatic nitrogens is 13. The molecule has 10 aromatic heterocycles. The van der Waals surface area contributed by atoms with E-state index in [2.05, 4.69) is 74.9 Å². The molecule has 2 aromatic carbocycles. The van der Waals surface area contributed by atoms with Gasteiger partial charge in [0.1, 0.15) is 58.6 Å². The number of Topliss-reactive ketones (excluding diaryl/α,β-unsaturated/α-hetero) is 2. The number of carboxylic acids is 9. The van der Waals surface area contributed by atoms with Gasteiger partial charge in [0.25, 0.3) is 10.0 Å². The van der Waals surface area contributed by atoms with Crippen molar-refractivity contribution in [1.29, 1.82) is 0 Å². The molecule has 0 saturated heterocycles. The zero-order valence-corrected chi connectivity index (χ0v) is 78.1. The summed E-state index contributed by atoms with van der Waals surface area (Å²) in [5.41, 5.74) is 4.01. The van der Waals surface area contributed by atoms with E-state index in [0.29, 0.717) is 53.0 Å². The SMILES string of the molecule is CC(=NCC(=O)O)c1ccccn1.CC(=Nc1ccccc1)c1cccc(C(=O)O)n1.CC(=O)C(C)(C)c1cccc(C(=O)O)n1.CC(=O)C(C)(C)n1ccc(C(=O)O)n1.CC(=O)n1ccc(C(=O)O)n1.COC(=O)c1cccc(C(=O)O)n1.COCCn1ccc(C(=O)O)n1.O=C(O)CN=Cc1ccccn1.O=C(O)CS(=O)(=O)NS(=O)(=O)c1ccccn1.Oc1ccccc1N=Cc1ccccn1. The van der Waals surface area contributed by atoms with Crippen LogP contribution in [0.3, 0.4) is 0 Å². The number of carboxylic acid groups (broad SMARTS) is 9. The zero-order valence-electron chi connectivity index (χ0n) is 76.4. The fraction of sp³-hybridized carbons (Fsp3) is 0.198. The smallest absolute Gasteiger partial charge is 0.356 e. The molecule has 0 aliphatic heterocycles. The molecule has 10 heterocycles. The number of sulfonamides is 2. The van der Waals surface area contributed by atoms with Crippen molar-refractivity contribution in [2.24, 2.45) is 20.0 Å². The highest BCUT2D eigenvalue weighted by Crippen LogP contribution is 2.25. The highest BCUT2D eigenvalue weighted by molar-refractivity contribution is 8.05. The van der Waals surface area contributed by atoms with Gasteiger partial charge >= 0.3 is 59.7 Å². The third kappa shape index (κ3) is 43.9. The number of aromatic carboxylic acids is 6. The molecule has 0 saturated carbocycles. The monoisotopic (exact) mass is 1970 g/mol. The molecule has 0 radical (unpaired) electrons. The van der Waals surface area contributed by atoms with Gasteiger partial charge in [0.2, 0.25) is 15.9 Å². The molecule has 0 aliphatic rings. The minimum absolute atomic E-state index is 0.0117. The summed E-state index contributed by atoms with van der Waals surface area (Å²) in [6.45, 7) is 15.3. The second-order valence-electron chi connectivity index (χ2n) is 28.2. The van der Waals surface area contributed by atoms with E-state index in [9.17, 15) is 84.3 Å². The Morgan fingerprint density at radius 1 is 0.436 bits per heavy atom. The number of hydrogen-bond donors (Lipinski definition) is 11. The normalized spacial score (nSPS) is 10.8. The molecule has 0 aliphatic carbocycles. The summed E-state index contributed by atoms with van der Waals surface area (Å²) in [6, 6.07) is 54.4. The van der Waals surface area contributed by atoms with Gasteiger partial charge in [0, 0.05) is 63.6 Å². The summed E-state index contributed by atoms with van der Waals surface area (Å²) in [6.07, 6.45) is 13.6. The molecule has 12 aromatic rings. The minimum atomic E-state index is -4.46. The molecular weight excluding hydrogens is 1870 g/mol. The maximum atomic E-state index is 11.5. The molecule has 0 unspecified atom stereocenters. The van der Waals surface area contributed by atoms with Crippen LogP contribution in [0, 0.1) is 0 Å². The third-order valence-corrected chi connectivity index (χ3v) is 20.3. The number of aliphatic carboxylic acids is 3. The Morgan fingerprint density at radius 2 is 0.900 bits per heavy atom. The standard InChI is InChI=1S/C14H12N2O2.C12H10N2O.C11H13NO3.C9H12N2O3.C9H10N2O2.C8H8N2O2.C8H7NO4.C7H8N2O6S2.C7H10N2O3.C6H6N2O3/c1-10(15-11-6-3-2-4-7-11)12-8-5-9-13(16-12)14(17)18;15-12-7-2-1-6-11(12)14-9-10-5-3-4-8-13-10;1-7(13)11(2,3)9-6-4-5-8(12-9)10(14)15;1-6(12)9(2,3)11-5-4-7(10-11)8(13)14;1-7(11-6-9(12)13)8-4-2-3-5-10-8;11-8(12)6-9-5-7-3-1-2-4-10-7;1-13-8(12)6-4-2-3-5(9-6)7(10)11;10-7(11)5-16(12,13)9-17(14,15)6-3-1-2-4-8-6;1-12-5-4-9-3-2-6(8-9)7(10)11;1-4(9)8-3-2-5(7-8)6(10)11/h2-9H,1H3,(H,17,18);1-9,15H;4-6H,1-3H3,(H,14,15);4-5H,1-3H3,(H,13,14);2-5H,6H2,1H3,(H,12,13);1-5H,6H2,(H,11,12);2-4H,1H3,(H,10,11);1-4,9H,5H2,(H,10,11);2-3H,4-5H2,1H3,(H,10,11);2-3H,1H3,(H,10,11). The van der Waals surface area contributed by atoms with Crippen LogP contribution in [0.4, 0.5) is 11.4 Å². The number of ketones is 2. The van der Waals surface area contributed by atoms with Gasteiger partial charge in [-0.1, -0.05) is 72.8 Å². The number of aromatic hydroxyl groups is 1. The molecule has 11 N–H and O–H groups in total. The number of aliphatic imine (C=N–C) groups is 4. The van der Waals surface area contributed by atoms with Crippen LogP contribution in [-0.2, 0) is 71.0 Å². The van der Waals surface area contributed by atoms with Gasteiger partial charge in [0.15, 0.2) is 33.6 Å². The number of para-hydroxylation sites is 3. The number of rotatable bonds is 29. The molecular formula is C91H96N18O29S2. The van der Waals surface area contributed by atoms with Gasteiger partial charge < -0.3 is 60.5 Å². The van der Waals surface area contributed by atoms with Gasteiger partial charge in [-0.15, -0.1) is 4.13 Å². The summed E-state index contributed by atoms with van der Waals surface area (Å²) in [5.74, 6) is -12.3. The van der Waals surface area contributed by atoms with E-state index in [4.69, 9.17) is 50.7 Å². The van der Waals surface area contributed by atoms with Gasteiger partial charge in [-0.25, -0.2) is 75.0 Å². The summed E-state index contributed by atoms with van der Waals surface area (Å²) < 4.78 is 59.6. The first kappa shape index (κ1) is 116. The minimum Gasteiger partial charge on any atom is -0.506 e. The molecule has 0 amide bonds. The number of phenols is 1. The van der Waals surface area contributed by atoms with Crippen molar-refractivity contribution >= 4 is 132 Å². The second kappa shape index (κ2) is 59.0. The quantitative estimate of drug-likeness (QED) is 0.0153. The van der Waals surface area contributed by atoms with E-state index in [1.807, 2.05) is 66.7 Å². The van der Waals surface area contributed by atoms with Crippen LogP contribution in [0.5, 0.6) is 5.75 Å². The lowest BCUT2D eigenvalue weighted by Gasteiger charge is -2.21. The molecule has 736 valence electrons. The van der Waals surface area contributed by atoms with E-state index in [1.54, 1.807) is 146 Å². The van der Waals surface area contributed by atoms with E-state index >= 15 is 0 Å². The van der Waals surface area contributed by atoms with Gasteiger partial charge in [-0.3, -0.25) is 73.1 Å². The van der Waals surface area contributed by atoms with Crippen molar-refractivity contribution < 1.29 is 140 Å². The number of benzene rings is 2. The summed E-state index contributed by atoms with van der Waals surface area (Å²) in [7, 11) is -6.05. The van der Waals surface area contributed by atoms with Crippen molar-refractivity contribution in [1.82, 2.24) is 68.4 Å². The maximum absolute atomic E-state index is 11.5. The Kier molecular flexibility index (Phi) is 49.0. The van der Waals surface area contributed by atoms with Crippen LogP contribution in [0.25, 0.3) is 0 Å². The Morgan fingerprint density at radius 3 is 1.36 bits per heavy atom. The zero-order chi connectivity index (χ0) is 105. The highest BCUT2D eigenvalue weighted by Gasteiger charge is 2.30. The van der Waals surface area contributed by atoms with Crippen molar-refractivity contribution in [2.75, 3.05) is 39.7 Å². The number of methoxy groups -OCH3 is 2. The number of phenolic OH excluding ortho intramolecular Hbond substituents is 1. The number of nitrogens with zero attached hydrogens (tertiary/aromatic N) is 17. The number of hydrogen-bond acceptors (Lipinski definition) is 34. The van der Waals surface area contributed by atoms with Crippen LogP contribution in [0.15, 0.2) is 269 Å². The van der Waals surface area contributed by atoms with E-state index in [0.717, 1.165) is 22.1 Å². The first-order chi connectivity index (χ1) is 65.9. The molecule has 0 atom stereocenters. The lowest BCUT2D eigenvalue weighted by Crippen LogP contribution is -2.35.